The number of rotatable bonds is 3. The normalized spacial score (nSPS) is 14.1. The number of fused-ring (bicyclic) bond motifs is 1. The summed E-state index contributed by atoms with van der Waals surface area (Å²) in [5, 5.41) is 3.51. The van der Waals surface area contributed by atoms with Crippen LogP contribution in [0, 0.1) is 5.82 Å². The molecule has 3 aromatic rings. The molecule has 2 amide bonds. The minimum absolute atomic E-state index is 0.0175. The number of Topliss-reactive ketones (excluding diaryl/α,β-unsaturated/α-hetero) is 1. The largest absolute Gasteiger partial charge is 0.352 e. The van der Waals surface area contributed by atoms with E-state index in [2.05, 4.69) is 15.3 Å². The van der Waals surface area contributed by atoms with Crippen LogP contribution in [-0.2, 0) is 0 Å². The number of anilines is 2. The molecule has 29 heavy (non-hydrogen) atoms. The summed E-state index contributed by atoms with van der Waals surface area (Å²) in [6.45, 7) is 3.69. The molecule has 0 spiro atoms. The summed E-state index contributed by atoms with van der Waals surface area (Å²) < 4.78 is 13.7. The van der Waals surface area contributed by atoms with Crippen LogP contribution in [0.2, 0.25) is 0 Å². The number of piperazine rings is 1. The number of aromatic nitrogens is 2. The average molecular weight is 393 g/mol. The third-order valence-corrected chi connectivity index (χ3v) is 4.99. The van der Waals surface area contributed by atoms with Gasteiger partial charge in [-0.15, -0.1) is 0 Å². The Kier molecular flexibility index (Phi) is 5.07. The molecular formula is C21H20FN5O2. The Balaban J connectivity index is 1.41. The number of benzene rings is 2. The smallest absolute Gasteiger partial charge is 0.321 e. The summed E-state index contributed by atoms with van der Waals surface area (Å²) in [7, 11) is 0. The van der Waals surface area contributed by atoms with Crippen molar-refractivity contribution < 1.29 is 14.0 Å². The lowest BCUT2D eigenvalue weighted by Gasteiger charge is -2.35. The van der Waals surface area contributed by atoms with Crippen LogP contribution in [0.25, 0.3) is 10.9 Å². The average Bonchev–Trinajstić information content (AvgIpc) is 2.74. The first kappa shape index (κ1) is 18.8. The van der Waals surface area contributed by atoms with E-state index in [1.165, 1.54) is 25.4 Å². The Morgan fingerprint density at radius 1 is 1.00 bits per heavy atom. The first-order valence-corrected chi connectivity index (χ1v) is 9.33. The maximum atomic E-state index is 13.7. The van der Waals surface area contributed by atoms with Crippen LogP contribution < -0.4 is 10.2 Å². The van der Waals surface area contributed by atoms with Crippen molar-refractivity contribution >= 4 is 34.2 Å². The first-order chi connectivity index (χ1) is 14.0. The number of halogens is 1. The molecule has 1 N–H and O–H groups in total. The number of urea groups is 1. The molecule has 0 unspecified atom stereocenters. The second kappa shape index (κ2) is 7.83. The zero-order valence-electron chi connectivity index (χ0n) is 15.9. The van der Waals surface area contributed by atoms with E-state index in [-0.39, 0.29) is 17.6 Å². The van der Waals surface area contributed by atoms with Crippen LogP contribution in [-0.4, -0.2) is 52.9 Å². The molecule has 1 aliphatic heterocycles. The molecule has 1 aromatic heterocycles. The van der Waals surface area contributed by atoms with Gasteiger partial charge < -0.3 is 15.1 Å². The van der Waals surface area contributed by atoms with Crippen molar-refractivity contribution in [2.75, 3.05) is 36.4 Å². The summed E-state index contributed by atoms with van der Waals surface area (Å²) in [6.07, 6.45) is 1.47. The Hall–Kier alpha value is -3.55. The first-order valence-electron chi connectivity index (χ1n) is 9.33. The van der Waals surface area contributed by atoms with E-state index in [1.807, 2.05) is 4.90 Å². The van der Waals surface area contributed by atoms with Crippen LogP contribution in [0.15, 0.2) is 48.8 Å². The minimum atomic E-state index is -0.331. The van der Waals surface area contributed by atoms with E-state index in [0.717, 1.165) is 0 Å². The molecule has 1 saturated heterocycles. The highest BCUT2D eigenvalue weighted by atomic mass is 19.1. The predicted molar refractivity (Wildman–Crippen MR) is 109 cm³/mol. The van der Waals surface area contributed by atoms with Crippen molar-refractivity contribution in [3.63, 3.8) is 0 Å². The quantitative estimate of drug-likeness (QED) is 0.691. The molecule has 2 heterocycles. The molecule has 0 bridgehead atoms. The van der Waals surface area contributed by atoms with Crippen molar-refractivity contribution in [3.05, 3.63) is 60.2 Å². The highest BCUT2D eigenvalue weighted by Crippen LogP contribution is 2.24. The number of ketones is 1. The summed E-state index contributed by atoms with van der Waals surface area (Å²) in [5.74, 6) is 0.327. The lowest BCUT2D eigenvalue weighted by molar-refractivity contribution is 0.101. The number of carbonyl (C=O) groups excluding carboxylic acids is 2. The van der Waals surface area contributed by atoms with E-state index in [0.29, 0.717) is 54.2 Å². The molecule has 0 atom stereocenters. The molecule has 8 heteroatoms. The zero-order valence-corrected chi connectivity index (χ0v) is 15.9. The number of carbonyl (C=O) groups is 2. The highest BCUT2D eigenvalue weighted by molar-refractivity contribution is 5.95. The Bertz CT molecular complexity index is 1060. The zero-order chi connectivity index (χ0) is 20.4. The van der Waals surface area contributed by atoms with Gasteiger partial charge in [0.15, 0.2) is 5.78 Å². The molecule has 148 valence electrons. The molecule has 4 rings (SSSR count). The summed E-state index contributed by atoms with van der Waals surface area (Å²) in [4.78, 5) is 36.2. The van der Waals surface area contributed by atoms with Crippen LogP contribution in [0.4, 0.5) is 20.7 Å². The van der Waals surface area contributed by atoms with Crippen molar-refractivity contribution in [3.8, 4) is 0 Å². The van der Waals surface area contributed by atoms with Gasteiger partial charge in [0.1, 0.15) is 18.0 Å². The molecule has 7 nitrogen and oxygen atoms in total. The van der Waals surface area contributed by atoms with Gasteiger partial charge in [0.2, 0.25) is 0 Å². The summed E-state index contributed by atoms with van der Waals surface area (Å²) in [5.41, 5.74) is 1.93. The van der Waals surface area contributed by atoms with E-state index in [1.54, 1.807) is 35.2 Å². The third-order valence-electron chi connectivity index (χ3n) is 4.99. The number of nitrogens with one attached hydrogen (secondary N) is 1. The lowest BCUT2D eigenvalue weighted by Crippen LogP contribution is -2.50. The fraction of sp³-hybridized carbons (Fsp3) is 0.238. The standard InChI is InChI=1S/C21H20FN5O2/c1-14(28)15-2-5-17(6-3-15)25-21(29)27-10-8-26(9-11-27)20-18-12-16(22)4-7-19(18)23-13-24-20/h2-7,12-13H,8-11H2,1H3,(H,25,29). The van der Waals surface area contributed by atoms with Crippen molar-refractivity contribution in [1.82, 2.24) is 14.9 Å². The Morgan fingerprint density at radius 3 is 2.41 bits per heavy atom. The Labute approximate surface area is 167 Å². The number of hydrogen-bond donors (Lipinski definition) is 1. The molecule has 2 aromatic carbocycles. The summed E-state index contributed by atoms with van der Waals surface area (Å²) in [6, 6.07) is 11.1. The van der Waals surface area contributed by atoms with Crippen LogP contribution in [0.3, 0.4) is 0 Å². The van der Waals surface area contributed by atoms with Gasteiger partial charge in [0.25, 0.3) is 0 Å². The molecule has 0 radical (unpaired) electrons. The van der Waals surface area contributed by atoms with Crippen LogP contribution >= 0.6 is 0 Å². The van der Waals surface area contributed by atoms with Crippen LogP contribution in [0.1, 0.15) is 17.3 Å². The van der Waals surface area contributed by atoms with Gasteiger partial charge in [0.05, 0.1) is 5.52 Å². The molecular weight excluding hydrogens is 373 g/mol. The molecule has 1 aliphatic rings. The SMILES string of the molecule is CC(=O)c1ccc(NC(=O)N2CCN(c3ncnc4ccc(F)cc34)CC2)cc1. The van der Waals surface area contributed by atoms with Gasteiger partial charge in [-0.2, -0.15) is 0 Å². The fourth-order valence-electron chi connectivity index (χ4n) is 3.38. The monoisotopic (exact) mass is 393 g/mol. The summed E-state index contributed by atoms with van der Waals surface area (Å²) >= 11 is 0. The van der Waals surface area contributed by atoms with Crippen molar-refractivity contribution in [2.24, 2.45) is 0 Å². The molecule has 0 saturated carbocycles. The highest BCUT2D eigenvalue weighted by Gasteiger charge is 2.23. The topological polar surface area (TPSA) is 78.4 Å². The number of nitrogens with zero attached hydrogens (tertiary/aromatic N) is 4. The van der Waals surface area contributed by atoms with Gasteiger partial charge >= 0.3 is 6.03 Å². The number of hydrogen-bond acceptors (Lipinski definition) is 5. The van der Waals surface area contributed by atoms with Crippen molar-refractivity contribution in [2.45, 2.75) is 6.92 Å². The number of amides is 2. The fourth-order valence-corrected chi connectivity index (χ4v) is 3.38. The van der Waals surface area contributed by atoms with E-state index in [9.17, 15) is 14.0 Å². The van der Waals surface area contributed by atoms with Gasteiger partial charge in [-0.25, -0.2) is 19.2 Å². The Morgan fingerprint density at radius 2 is 1.72 bits per heavy atom. The van der Waals surface area contributed by atoms with Gasteiger partial charge in [0, 0.05) is 42.8 Å². The lowest BCUT2D eigenvalue weighted by atomic mass is 10.1. The second-order valence-corrected chi connectivity index (χ2v) is 6.90. The maximum Gasteiger partial charge on any atom is 0.321 e. The van der Waals surface area contributed by atoms with Gasteiger partial charge in [-0.1, -0.05) is 0 Å². The predicted octanol–water partition coefficient (Wildman–Crippen LogP) is 3.33. The maximum absolute atomic E-state index is 13.7. The molecule has 0 aliphatic carbocycles. The minimum Gasteiger partial charge on any atom is -0.352 e. The van der Waals surface area contributed by atoms with E-state index >= 15 is 0 Å². The van der Waals surface area contributed by atoms with Crippen molar-refractivity contribution in [1.29, 1.82) is 0 Å². The van der Waals surface area contributed by atoms with Gasteiger partial charge in [-0.3, -0.25) is 4.79 Å². The van der Waals surface area contributed by atoms with Gasteiger partial charge in [-0.05, 0) is 49.4 Å². The second-order valence-electron chi connectivity index (χ2n) is 6.90. The third kappa shape index (κ3) is 4.01. The van der Waals surface area contributed by atoms with Crippen LogP contribution in [0.5, 0.6) is 0 Å². The van der Waals surface area contributed by atoms with E-state index in [4.69, 9.17) is 0 Å². The van der Waals surface area contributed by atoms with E-state index < -0.39 is 0 Å². The molecule has 1 fully saturated rings.